The summed E-state index contributed by atoms with van der Waals surface area (Å²) in [5, 5.41) is 2.99. The van der Waals surface area contributed by atoms with E-state index in [1.54, 1.807) is 24.4 Å². The molecule has 0 spiro atoms. The lowest BCUT2D eigenvalue weighted by Crippen LogP contribution is -2.39. The maximum absolute atomic E-state index is 13.0. The van der Waals surface area contributed by atoms with Crippen LogP contribution in [0.3, 0.4) is 0 Å². The van der Waals surface area contributed by atoms with Gasteiger partial charge in [0.25, 0.3) is 5.91 Å². The van der Waals surface area contributed by atoms with E-state index < -0.39 is 0 Å². The van der Waals surface area contributed by atoms with E-state index >= 15 is 0 Å². The number of cyclic esters (lactones) is 1. The fourth-order valence-electron chi connectivity index (χ4n) is 4.90. The Bertz CT molecular complexity index is 1290. The standard InChI is InChI=1S/C28H28N4O4/c29-25(33)19-10-13-32(14-11-19)26-21(7-4-12-30-26)17-31-27(34)20-8-9-23-22(15-20)16-24(36-28(23)35)18-5-2-1-3-6-18/h1-9,12,15,19,24H,10-11,13-14,16-17H2,(H2,29,33)(H,31,34). The molecule has 8 heteroatoms. The van der Waals surface area contributed by atoms with Crippen molar-refractivity contribution in [3.05, 3.63) is 94.7 Å². The van der Waals surface area contributed by atoms with Gasteiger partial charge in [0.05, 0.1) is 5.56 Å². The summed E-state index contributed by atoms with van der Waals surface area (Å²) in [6.45, 7) is 1.69. The largest absolute Gasteiger partial charge is 0.454 e. The van der Waals surface area contributed by atoms with Crippen LogP contribution in [0.2, 0.25) is 0 Å². The highest BCUT2D eigenvalue weighted by atomic mass is 16.5. The predicted molar refractivity (Wildman–Crippen MR) is 134 cm³/mol. The minimum Gasteiger partial charge on any atom is -0.454 e. The summed E-state index contributed by atoms with van der Waals surface area (Å²) in [6, 6.07) is 18.5. The summed E-state index contributed by atoms with van der Waals surface area (Å²) >= 11 is 0. The van der Waals surface area contributed by atoms with Crippen LogP contribution in [-0.4, -0.2) is 35.9 Å². The fraction of sp³-hybridized carbons (Fsp3) is 0.286. The number of aromatic nitrogens is 1. The molecule has 1 saturated heterocycles. The second-order valence-corrected chi connectivity index (χ2v) is 9.21. The third kappa shape index (κ3) is 4.93. The molecule has 2 aliphatic heterocycles. The quantitative estimate of drug-likeness (QED) is 0.520. The van der Waals surface area contributed by atoms with Gasteiger partial charge in [-0.2, -0.15) is 0 Å². The number of nitrogens with zero attached hydrogens (tertiary/aromatic N) is 2. The number of hydrogen-bond donors (Lipinski definition) is 2. The number of carbonyl (C=O) groups excluding carboxylic acids is 3. The number of benzene rings is 2. The van der Waals surface area contributed by atoms with Crippen LogP contribution >= 0.6 is 0 Å². The molecule has 8 nitrogen and oxygen atoms in total. The van der Waals surface area contributed by atoms with Gasteiger partial charge in [0.1, 0.15) is 11.9 Å². The van der Waals surface area contributed by atoms with Crippen LogP contribution in [0.1, 0.15) is 56.4 Å². The molecule has 2 aromatic carbocycles. The van der Waals surface area contributed by atoms with E-state index in [2.05, 4.69) is 15.2 Å². The van der Waals surface area contributed by atoms with Crippen molar-refractivity contribution in [1.82, 2.24) is 10.3 Å². The lowest BCUT2D eigenvalue weighted by atomic mass is 9.93. The SMILES string of the molecule is NC(=O)C1CCN(c2ncccc2CNC(=O)c2ccc3c(c2)CC(c2ccccc2)OC3=O)CC1. The Morgan fingerprint density at radius 1 is 1.06 bits per heavy atom. The monoisotopic (exact) mass is 484 g/mol. The molecule has 1 aromatic heterocycles. The van der Waals surface area contributed by atoms with E-state index in [1.165, 1.54) is 0 Å². The number of hydrogen-bond acceptors (Lipinski definition) is 6. The van der Waals surface area contributed by atoms with Crippen LogP contribution in [0, 0.1) is 5.92 Å². The number of nitrogens with one attached hydrogen (secondary N) is 1. The number of fused-ring (bicyclic) bond motifs is 1. The molecule has 1 fully saturated rings. The average molecular weight is 485 g/mol. The van der Waals surface area contributed by atoms with Crippen molar-refractivity contribution >= 4 is 23.6 Å². The Labute approximate surface area is 209 Å². The number of esters is 1. The highest BCUT2D eigenvalue weighted by Gasteiger charge is 2.28. The molecule has 2 aliphatic rings. The summed E-state index contributed by atoms with van der Waals surface area (Å²) in [6.07, 6.45) is 3.26. The number of primary amides is 1. The van der Waals surface area contributed by atoms with Gasteiger partial charge in [0.15, 0.2) is 0 Å². The fourth-order valence-corrected chi connectivity index (χ4v) is 4.90. The van der Waals surface area contributed by atoms with Crippen LogP contribution < -0.4 is 16.0 Å². The zero-order chi connectivity index (χ0) is 25.1. The first-order valence-electron chi connectivity index (χ1n) is 12.1. The number of piperidine rings is 1. The van der Waals surface area contributed by atoms with Crippen molar-refractivity contribution in [2.45, 2.75) is 31.9 Å². The molecule has 0 aliphatic carbocycles. The zero-order valence-corrected chi connectivity index (χ0v) is 19.9. The first-order chi connectivity index (χ1) is 17.5. The van der Waals surface area contributed by atoms with E-state index in [4.69, 9.17) is 10.5 Å². The molecule has 36 heavy (non-hydrogen) atoms. The third-order valence-corrected chi connectivity index (χ3v) is 6.92. The van der Waals surface area contributed by atoms with Crippen molar-refractivity contribution < 1.29 is 19.1 Å². The second kappa shape index (κ2) is 10.2. The van der Waals surface area contributed by atoms with Crippen molar-refractivity contribution in [3.63, 3.8) is 0 Å². The maximum Gasteiger partial charge on any atom is 0.339 e. The molecule has 0 saturated carbocycles. The van der Waals surface area contributed by atoms with Crippen LogP contribution in [0.25, 0.3) is 0 Å². The normalized spacial score (nSPS) is 17.7. The molecule has 1 unspecified atom stereocenters. The van der Waals surface area contributed by atoms with Crippen LogP contribution in [0.4, 0.5) is 5.82 Å². The molecule has 3 aromatic rings. The molecule has 3 N–H and O–H groups in total. The topological polar surface area (TPSA) is 115 Å². The summed E-state index contributed by atoms with van der Waals surface area (Å²) < 4.78 is 5.62. The van der Waals surface area contributed by atoms with Crippen LogP contribution in [0.15, 0.2) is 66.9 Å². The summed E-state index contributed by atoms with van der Waals surface area (Å²) in [5.41, 5.74) is 9.06. The van der Waals surface area contributed by atoms with Crippen LogP contribution in [0.5, 0.6) is 0 Å². The number of pyridine rings is 1. The van der Waals surface area contributed by atoms with E-state index in [0.29, 0.717) is 50.0 Å². The van der Waals surface area contributed by atoms with Crippen molar-refractivity contribution in [2.24, 2.45) is 11.7 Å². The van der Waals surface area contributed by atoms with E-state index in [0.717, 1.165) is 22.5 Å². The van der Waals surface area contributed by atoms with Gasteiger partial charge in [-0.3, -0.25) is 9.59 Å². The minimum atomic E-state index is -0.378. The number of rotatable bonds is 6. The lowest BCUT2D eigenvalue weighted by molar-refractivity contribution is -0.122. The van der Waals surface area contributed by atoms with Crippen molar-refractivity contribution in [3.8, 4) is 0 Å². The Kier molecular flexibility index (Phi) is 6.66. The number of ether oxygens (including phenoxy) is 1. The Balaban J connectivity index is 1.27. The first-order valence-corrected chi connectivity index (χ1v) is 12.1. The molecule has 0 bridgehead atoms. The highest BCUT2D eigenvalue weighted by Crippen LogP contribution is 2.31. The molecule has 2 amide bonds. The van der Waals surface area contributed by atoms with Crippen molar-refractivity contribution in [2.75, 3.05) is 18.0 Å². The van der Waals surface area contributed by atoms with Gasteiger partial charge in [-0.15, -0.1) is 0 Å². The number of anilines is 1. The molecular weight excluding hydrogens is 456 g/mol. The zero-order valence-electron chi connectivity index (χ0n) is 19.9. The maximum atomic E-state index is 13.0. The Hall–Kier alpha value is -4.20. The molecular formula is C28H28N4O4. The minimum absolute atomic E-state index is 0.101. The molecule has 5 rings (SSSR count). The molecule has 1 atom stereocenters. The number of nitrogens with two attached hydrogens (primary N) is 1. The van der Waals surface area contributed by atoms with Gasteiger partial charge < -0.3 is 20.7 Å². The van der Waals surface area contributed by atoms with Gasteiger partial charge in [-0.25, -0.2) is 9.78 Å². The highest BCUT2D eigenvalue weighted by molar-refractivity contribution is 5.97. The molecule has 184 valence electrons. The molecule has 3 heterocycles. The van der Waals surface area contributed by atoms with Crippen LogP contribution in [-0.2, 0) is 22.5 Å². The van der Waals surface area contributed by atoms with E-state index in [-0.39, 0.29) is 29.8 Å². The summed E-state index contributed by atoms with van der Waals surface area (Å²) in [7, 11) is 0. The van der Waals surface area contributed by atoms with Gasteiger partial charge >= 0.3 is 5.97 Å². The lowest BCUT2D eigenvalue weighted by Gasteiger charge is -2.32. The van der Waals surface area contributed by atoms with Gasteiger partial charge in [-0.1, -0.05) is 36.4 Å². The second-order valence-electron chi connectivity index (χ2n) is 9.21. The van der Waals surface area contributed by atoms with Gasteiger partial charge in [0, 0.05) is 49.3 Å². The van der Waals surface area contributed by atoms with E-state index in [9.17, 15) is 14.4 Å². The Morgan fingerprint density at radius 3 is 2.58 bits per heavy atom. The van der Waals surface area contributed by atoms with Gasteiger partial charge in [-0.05, 0) is 48.2 Å². The number of carbonyl (C=O) groups is 3. The molecule has 0 radical (unpaired) electrons. The predicted octanol–water partition coefficient (Wildman–Crippen LogP) is 3.17. The van der Waals surface area contributed by atoms with Crippen molar-refractivity contribution in [1.29, 1.82) is 0 Å². The smallest absolute Gasteiger partial charge is 0.339 e. The summed E-state index contributed by atoms with van der Waals surface area (Å²) in [5.74, 6) is -0.153. The number of amides is 2. The van der Waals surface area contributed by atoms with E-state index in [1.807, 2.05) is 42.5 Å². The first kappa shape index (κ1) is 23.5. The Morgan fingerprint density at radius 2 is 1.83 bits per heavy atom. The third-order valence-electron chi connectivity index (χ3n) is 6.92. The van der Waals surface area contributed by atoms with Gasteiger partial charge in [0.2, 0.25) is 5.91 Å². The summed E-state index contributed by atoms with van der Waals surface area (Å²) in [4.78, 5) is 43.7. The average Bonchev–Trinajstić information content (AvgIpc) is 2.92.